The van der Waals surface area contributed by atoms with E-state index in [0.29, 0.717) is 30.9 Å². The van der Waals surface area contributed by atoms with Gasteiger partial charge in [-0.15, -0.1) is 0 Å². The number of nitrogens with one attached hydrogen (secondary N) is 2. The Balaban J connectivity index is 1.71. The van der Waals surface area contributed by atoms with E-state index in [1.807, 2.05) is 19.1 Å². The van der Waals surface area contributed by atoms with Gasteiger partial charge in [-0.2, -0.15) is 0 Å². The van der Waals surface area contributed by atoms with E-state index in [9.17, 15) is 9.59 Å². The van der Waals surface area contributed by atoms with Gasteiger partial charge in [0.1, 0.15) is 5.75 Å². The topological polar surface area (TPSA) is 76.7 Å². The smallest absolute Gasteiger partial charge is 0.338 e. The molecule has 0 aromatic heterocycles. The van der Waals surface area contributed by atoms with Crippen molar-refractivity contribution in [3.63, 3.8) is 0 Å². The van der Waals surface area contributed by atoms with Crippen molar-refractivity contribution in [3.8, 4) is 5.75 Å². The van der Waals surface area contributed by atoms with E-state index in [1.165, 1.54) is 5.56 Å². The Morgan fingerprint density at radius 1 is 1.00 bits per heavy atom. The van der Waals surface area contributed by atoms with Crippen LogP contribution in [0, 0.1) is 0 Å². The van der Waals surface area contributed by atoms with Crippen molar-refractivity contribution >= 4 is 34.9 Å². The third kappa shape index (κ3) is 9.61. The maximum Gasteiger partial charge on any atom is 0.338 e. The highest BCUT2D eigenvalue weighted by atomic mass is 32.1. The van der Waals surface area contributed by atoms with Crippen LogP contribution < -0.4 is 15.4 Å². The second-order valence-electron chi connectivity index (χ2n) is 8.80. The summed E-state index contributed by atoms with van der Waals surface area (Å²) in [7, 11) is 0. The lowest BCUT2D eigenvalue weighted by atomic mass is 9.87. The molecule has 0 saturated heterocycles. The van der Waals surface area contributed by atoms with Gasteiger partial charge in [0.15, 0.2) is 5.11 Å². The summed E-state index contributed by atoms with van der Waals surface area (Å²) in [6.45, 7) is 9.37. The van der Waals surface area contributed by atoms with Gasteiger partial charge in [0.05, 0.1) is 18.8 Å². The summed E-state index contributed by atoms with van der Waals surface area (Å²) in [4.78, 5) is 24.2. The Morgan fingerprint density at radius 3 is 2.39 bits per heavy atom. The summed E-state index contributed by atoms with van der Waals surface area (Å²) in [5, 5.41) is 5.76. The Morgan fingerprint density at radius 2 is 1.73 bits per heavy atom. The SMILES string of the molecule is CCCCOC(=O)c1cccc(NC(=S)NC(=O)CCCOc2ccc(C(C)(C)C)cc2)c1. The standard InChI is InChI=1S/C26H34N2O4S/c1-5-6-16-32-24(30)19-9-7-10-21(18-19)27-25(33)28-23(29)11-8-17-31-22-14-12-20(13-15-22)26(2,3)4/h7,9-10,12-15,18H,5-6,8,11,16-17H2,1-4H3,(H2,27,28,29,33). The third-order valence-corrected chi connectivity index (χ3v) is 5.08. The molecular weight excluding hydrogens is 436 g/mol. The molecule has 7 heteroatoms. The summed E-state index contributed by atoms with van der Waals surface area (Å²) >= 11 is 5.21. The first-order valence-corrected chi connectivity index (χ1v) is 11.7. The van der Waals surface area contributed by atoms with Gasteiger partial charge in [-0.3, -0.25) is 4.79 Å². The van der Waals surface area contributed by atoms with Crippen LogP contribution >= 0.6 is 12.2 Å². The lowest BCUT2D eigenvalue weighted by Gasteiger charge is -2.19. The number of carbonyl (C=O) groups excluding carboxylic acids is 2. The second-order valence-corrected chi connectivity index (χ2v) is 9.21. The summed E-state index contributed by atoms with van der Waals surface area (Å²) in [5.74, 6) is 0.207. The molecule has 2 N–H and O–H groups in total. The predicted molar refractivity (Wildman–Crippen MR) is 136 cm³/mol. The molecule has 0 heterocycles. The number of hydrogen-bond acceptors (Lipinski definition) is 5. The van der Waals surface area contributed by atoms with Gasteiger partial charge < -0.3 is 20.1 Å². The van der Waals surface area contributed by atoms with Gasteiger partial charge >= 0.3 is 5.97 Å². The molecule has 6 nitrogen and oxygen atoms in total. The first-order chi connectivity index (χ1) is 15.7. The fraction of sp³-hybridized carbons (Fsp3) is 0.423. The predicted octanol–water partition coefficient (Wildman–Crippen LogP) is 5.61. The Kier molecular flexibility index (Phi) is 10.3. The molecule has 2 aromatic rings. The summed E-state index contributed by atoms with van der Waals surface area (Å²) in [6, 6.07) is 14.8. The first kappa shape index (κ1) is 26.3. The van der Waals surface area contributed by atoms with E-state index in [1.54, 1.807) is 24.3 Å². The Hall–Kier alpha value is -2.93. The Labute approximate surface area is 202 Å². The summed E-state index contributed by atoms with van der Waals surface area (Å²) in [6.07, 6.45) is 2.63. The highest BCUT2D eigenvalue weighted by Crippen LogP contribution is 2.24. The van der Waals surface area contributed by atoms with E-state index in [-0.39, 0.29) is 28.8 Å². The average molecular weight is 471 g/mol. The minimum absolute atomic E-state index is 0.0995. The van der Waals surface area contributed by atoms with Crippen molar-refractivity contribution in [3.05, 3.63) is 59.7 Å². The molecule has 0 aliphatic rings. The molecule has 2 rings (SSSR count). The van der Waals surface area contributed by atoms with Crippen LogP contribution in [0.4, 0.5) is 5.69 Å². The molecule has 0 radical (unpaired) electrons. The summed E-state index contributed by atoms with van der Waals surface area (Å²) in [5.41, 5.74) is 2.38. The molecule has 0 atom stereocenters. The molecular formula is C26H34N2O4S. The van der Waals surface area contributed by atoms with Gasteiger partial charge in [0, 0.05) is 12.1 Å². The minimum atomic E-state index is -0.380. The fourth-order valence-corrected chi connectivity index (χ4v) is 3.17. The van der Waals surface area contributed by atoms with Crippen molar-refractivity contribution in [1.29, 1.82) is 0 Å². The van der Waals surface area contributed by atoms with Crippen LogP contribution in [0.1, 0.15) is 69.3 Å². The number of carbonyl (C=O) groups is 2. The van der Waals surface area contributed by atoms with Crippen LogP contribution in [-0.4, -0.2) is 30.2 Å². The molecule has 0 spiro atoms. The lowest BCUT2D eigenvalue weighted by Crippen LogP contribution is -2.34. The zero-order chi connectivity index (χ0) is 24.3. The summed E-state index contributed by atoms with van der Waals surface area (Å²) < 4.78 is 10.9. The molecule has 0 fully saturated rings. The van der Waals surface area contributed by atoms with E-state index >= 15 is 0 Å². The van der Waals surface area contributed by atoms with Crippen LogP contribution in [0.25, 0.3) is 0 Å². The van der Waals surface area contributed by atoms with Crippen LogP contribution in [0.2, 0.25) is 0 Å². The van der Waals surface area contributed by atoms with Gasteiger partial charge in [0.25, 0.3) is 0 Å². The van der Waals surface area contributed by atoms with Crippen LogP contribution in [0.5, 0.6) is 5.75 Å². The van der Waals surface area contributed by atoms with E-state index < -0.39 is 0 Å². The maximum absolute atomic E-state index is 12.2. The Bertz CT molecular complexity index is 936. The quantitative estimate of drug-likeness (QED) is 0.267. The number of esters is 1. The molecule has 0 saturated carbocycles. The second kappa shape index (κ2) is 12.9. The number of hydrogen-bond donors (Lipinski definition) is 2. The minimum Gasteiger partial charge on any atom is -0.494 e. The molecule has 2 aromatic carbocycles. The number of unbranched alkanes of at least 4 members (excludes halogenated alkanes) is 1. The van der Waals surface area contributed by atoms with Gasteiger partial charge in [-0.05, 0) is 66.4 Å². The molecule has 0 aliphatic heterocycles. The van der Waals surface area contributed by atoms with Gasteiger partial charge in [0.2, 0.25) is 5.91 Å². The molecule has 0 bridgehead atoms. The number of thiocarbonyl (C=S) groups is 1. The van der Waals surface area contributed by atoms with Crippen molar-refractivity contribution in [2.75, 3.05) is 18.5 Å². The monoisotopic (exact) mass is 470 g/mol. The zero-order valence-electron chi connectivity index (χ0n) is 19.9. The fourth-order valence-electron chi connectivity index (χ4n) is 2.94. The van der Waals surface area contributed by atoms with E-state index in [4.69, 9.17) is 21.7 Å². The van der Waals surface area contributed by atoms with Crippen LogP contribution in [0.3, 0.4) is 0 Å². The highest BCUT2D eigenvalue weighted by molar-refractivity contribution is 7.80. The van der Waals surface area contributed by atoms with E-state index in [2.05, 4.69) is 43.5 Å². The molecule has 1 amide bonds. The molecule has 0 unspecified atom stereocenters. The molecule has 33 heavy (non-hydrogen) atoms. The number of ether oxygens (including phenoxy) is 2. The third-order valence-electron chi connectivity index (χ3n) is 4.88. The van der Waals surface area contributed by atoms with Crippen molar-refractivity contribution in [1.82, 2.24) is 5.32 Å². The van der Waals surface area contributed by atoms with Gasteiger partial charge in [-0.1, -0.05) is 52.3 Å². The lowest BCUT2D eigenvalue weighted by molar-refractivity contribution is -0.119. The first-order valence-electron chi connectivity index (χ1n) is 11.3. The molecule has 178 valence electrons. The van der Waals surface area contributed by atoms with Gasteiger partial charge in [-0.25, -0.2) is 4.79 Å². The number of benzene rings is 2. The highest BCUT2D eigenvalue weighted by Gasteiger charge is 2.13. The van der Waals surface area contributed by atoms with Crippen LogP contribution in [0.15, 0.2) is 48.5 Å². The number of amides is 1. The normalized spacial score (nSPS) is 10.9. The van der Waals surface area contributed by atoms with Crippen molar-refractivity contribution < 1.29 is 19.1 Å². The number of rotatable bonds is 10. The molecule has 0 aliphatic carbocycles. The maximum atomic E-state index is 12.2. The van der Waals surface area contributed by atoms with E-state index in [0.717, 1.165) is 18.6 Å². The van der Waals surface area contributed by atoms with Crippen LogP contribution in [-0.2, 0) is 14.9 Å². The van der Waals surface area contributed by atoms with Crippen molar-refractivity contribution in [2.24, 2.45) is 0 Å². The zero-order valence-corrected chi connectivity index (χ0v) is 20.7. The van der Waals surface area contributed by atoms with Crippen molar-refractivity contribution in [2.45, 2.75) is 58.8 Å². The largest absolute Gasteiger partial charge is 0.494 e. The number of anilines is 1. The average Bonchev–Trinajstić information content (AvgIpc) is 2.76.